The van der Waals surface area contributed by atoms with Crippen molar-refractivity contribution in [2.75, 3.05) is 20.8 Å². The zero-order chi connectivity index (χ0) is 17.5. The standard InChI is InChI=1S/C18H20INO4/c1-12(14-10-13(22-2)8-9-16(14)23-3)20-18(21)11-24-17-7-5-4-6-15(17)19/h4-10,12H,11H2,1-3H3,(H,20,21). The molecule has 0 fully saturated rings. The number of rotatable bonds is 7. The molecule has 0 spiro atoms. The number of methoxy groups -OCH3 is 2. The topological polar surface area (TPSA) is 56.8 Å². The molecule has 0 aliphatic carbocycles. The third-order valence-electron chi connectivity index (χ3n) is 3.48. The van der Waals surface area contributed by atoms with Crippen molar-refractivity contribution in [3.63, 3.8) is 0 Å². The molecule has 5 nitrogen and oxygen atoms in total. The molecule has 128 valence electrons. The first kappa shape index (κ1) is 18.4. The van der Waals surface area contributed by atoms with Crippen LogP contribution in [0.5, 0.6) is 17.2 Å². The van der Waals surface area contributed by atoms with Crippen LogP contribution in [0.2, 0.25) is 0 Å². The lowest BCUT2D eigenvalue weighted by Gasteiger charge is -2.18. The molecule has 0 aromatic heterocycles. The van der Waals surface area contributed by atoms with Crippen LogP contribution in [-0.4, -0.2) is 26.7 Å². The number of benzene rings is 2. The van der Waals surface area contributed by atoms with Crippen LogP contribution in [0.15, 0.2) is 42.5 Å². The summed E-state index contributed by atoms with van der Waals surface area (Å²) in [5.74, 6) is 1.90. The summed E-state index contributed by atoms with van der Waals surface area (Å²) in [6, 6.07) is 12.8. The molecule has 24 heavy (non-hydrogen) atoms. The second kappa shape index (κ2) is 8.77. The lowest BCUT2D eigenvalue weighted by Crippen LogP contribution is -2.31. The van der Waals surface area contributed by atoms with Crippen LogP contribution < -0.4 is 19.5 Å². The molecule has 6 heteroatoms. The van der Waals surface area contributed by atoms with Crippen molar-refractivity contribution in [1.82, 2.24) is 5.32 Å². The Hall–Kier alpha value is -1.96. The number of hydrogen-bond acceptors (Lipinski definition) is 4. The molecule has 1 atom stereocenters. The number of ether oxygens (including phenoxy) is 3. The molecule has 0 saturated heterocycles. The number of amides is 1. The summed E-state index contributed by atoms with van der Waals surface area (Å²) >= 11 is 2.17. The zero-order valence-electron chi connectivity index (χ0n) is 13.8. The van der Waals surface area contributed by atoms with Crippen molar-refractivity contribution < 1.29 is 19.0 Å². The van der Waals surface area contributed by atoms with Crippen LogP contribution in [0, 0.1) is 3.57 Å². The molecule has 0 radical (unpaired) electrons. The van der Waals surface area contributed by atoms with Gasteiger partial charge in [-0.25, -0.2) is 0 Å². The normalized spacial score (nSPS) is 11.5. The summed E-state index contributed by atoms with van der Waals surface area (Å²) < 4.78 is 17.1. The van der Waals surface area contributed by atoms with Gasteiger partial charge in [0.15, 0.2) is 6.61 Å². The second-order valence-corrected chi connectivity index (χ2v) is 6.28. The Morgan fingerprint density at radius 2 is 1.88 bits per heavy atom. The summed E-state index contributed by atoms with van der Waals surface area (Å²) in [6.07, 6.45) is 0. The van der Waals surface area contributed by atoms with Crippen LogP contribution >= 0.6 is 22.6 Å². The van der Waals surface area contributed by atoms with Gasteiger partial charge in [0.2, 0.25) is 0 Å². The van der Waals surface area contributed by atoms with E-state index in [0.29, 0.717) is 17.2 Å². The monoisotopic (exact) mass is 441 g/mol. The number of nitrogens with one attached hydrogen (secondary N) is 1. The summed E-state index contributed by atoms with van der Waals surface area (Å²) in [4.78, 5) is 12.2. The van der Waals surface area contributed by atoms with E-state index in [9.17, 15) is 4.79 Å². The zero-order valence-corrected chi connectivity index (χ0v) is 16.0. The minimum Gasteiger partial charge on any atom is -0.497 e. The van der Waals surface area contributed by atoms with Gasteiger partial charge in [0.05, 0.1) is 23.8 Å². The van der Waals surface area contributed by atoms with Crippen LogP contribution in [0.3, 0.4) is 0 Å². The smallest absolute Gasteiger partial charge is 0.258 e. The fourth-order valence-electron chi connectivity index (χ4n) is 2.24. The molecule has 1 N–H and O–H groups in total. The highest BCUT2D eigenvalue weighted by Crippen LogP contribution is 2.29. The van der Waals surface area contributed by atoms with Gasteiger partial charge in [0.1, 0.15) is 17.2 Å². The van der Waals surface area contributed by atoms with E-state index < -0.39 is 0 Å². The summed E-state index contributed by atoms with van der Waals surface area (Å²) in [7, 11) is 3.20. The number of carbonyl (C=O) groups excluding carboxylic acids is 1. The molecule has 0 bridgehead atoms. The first-order valence-corrected chi connectivity index (χ1v) is 8.51. The van der Waals surface area contributed by atoms with Crippen molar-refractivity contribution >= 4 is 28.5 Å². The second-order valence-electron chi connectivity index (χ2n) is 5.12. The molecule has 1 amide bonds. The van der Waals surface area contributed by atoms with Gasteiger partial charge >= 0.3 is 0 Å². The fraction of sp³-hybridized carbons (Fsp3) is 0.278. The van der Waals surface area contributed by atoms with Crippen LogP contribution in [0.4, 0.5) is 0 Å². The van der Waals surface area contributed by atoms with Crippen LogP contribution in [-0.2, 0) is 4.79 Å². The molecule has 0 saturated carbocycles. The molecule has 0 aliphatic heterocycles. The van der Waals surface area contributed by atoms with Crippen molar-refractivity contribution in [1.29, 1.82) is 0 Å². The van der Waals surface area contributed by atoms with E-state index >= 15 is 0 Å². The van der Waals surface area contributed by atoms with E-state index in [0.717, 1.165) is 9.13 Å². The maximum atomic E-state index is 12.2. The molecule has 2 rings (SSSR count). The maximum absolute atomic E-state index is 12.2. The van der Waals surface area contributed by atoms with Gasteiger partial charge in [0.25, 0.3) is 5.91 Å². The van der Waals surface area contributed by atoms with Crippen molar-refractivity contribution in [2.24, 2.45) is 0 Å². The summed E-state index contributed by atoms with van der Waals surface area (Å²) in [5, 5.41) is 2.91. The first-order chi connectivity index (χ1) is 11.5. The average molecular weight is 441 g/mol. The van der Waals surface area contributed by atoms with Crippen molar-refractivity contribution in [2.45, 2.75) is 13.0 Å². The minimum absolute atomic E-state index is 0.0450. The Balaban J connectivity index is 2.00. The molecular weight excluding hydrogens is 421 g/mol. The van der Waals surface area contributed by atoms with Gasteiger partial charge in [-0.05, 0) is 59.8 Å². The van der Waals surface area contributed by atoms with E-state index in [1.807, 2.05) is 49.4 Å². The predicted molar refractivity (Wildman–Crippen MR) is 101 cm³/mol. The Morgan fingerprint density at radius 3 is 2.54 bits per heavy atom. The van der Waals surface area contributed by atoms with E-state index in [-0.39, 0.29) is 18.6 Å². The largest absolute Gasteiger partial charge is 0.497 e. The highest BCUT2D eigenvalue weighted by Gasteiger charge is 2.16. The van der Waals surface area contributed by atoms with Crippen LogP contribution in [0.25, 0.3) is 0 Å². The third-order valence-corrected chi connectivity index (χ3v) is 4.37. The Morgan fingerprint density at radius 1 is 1.12 bits per heavy atom. The number of carbonyl (C=O) groups is 1. The minimum atomic E-state index is -0.235. The summed E-state index contributed by atoms with van der Waals surface area (Å²) in [5.41, 5.74) is 0.847. The van der Waals surface area contributed by atoms with Gasteiger partial charge in [-0.2, -0.15) is 0 Å². The molecule has 1 unspecified atom stereocenters. The van der Waals surface area contributed by atoms with E-state index in [1.165, 1.54) is 0 Å². The van der Waals surface area contributed by atoms with Crippen molar-refractivity contribution in [3.8, 4) is 17.2 Å². The highest BCUT2D eigenvalue weighted by molar-refractivity contribution is 14.1. The Labute approximate surface area is 155 Å². The van der Waals surface area contributed by atoms with Crippen molar-refractivity contribution in [3.05, 3.63) is 51.6 Å². The molecule has 2 aromatic carbocycles. The lowest BCUT2D eigenvalue weighted by molar-refractivity contribution is -0.123. The SMILES string of the molecule is COc1ccc(OC)c(C(C)NC(=O)COc2ccccc2I)c1. The first-order valence-electron chi connectivity index (χ1n) is 7.43. The quantitative estimate of drug-likeness (QED) is 0.668. The molecular formula is C18H20INO4. The third kappa shape index (κ3) is 4.77. The maximum Gasteiger partial charge on any atom is 0.258 e. The summed E-state index contributed by atoms with van der Waals surface area (Å²) in [6.45, 7) is 1.85. The molecule has 2 aromatic rings. The number of hydrogen-bond donors (Lipinski definition) is 1. The Kier molecular flexibility index (Phi) is 6.72. The predicted octanol–water partition coefficient (Wildman–Crippen LogP) is 3.56. The highest BCUT2D eigenvalue weighted by atomic mass is 127. The lowest BCUT2D eigenvalue weighted by atomic mass is 10.1. The van der Waals surface area contributed by atoms with Gasteiger partial charge in [0, 0.05) is 5.56 Å². The molecule has 0 aliphatic rings. The van der Waals surface area contributed by atoms with Crippen LogP contribution in [0.1, 0.15) is 18.5 Å². The van der Waals surface area contributed by atoms with Gasteiger partial charge < -0.3 is 19.5 Å². The number of halogens is 1. The number of para-hydroxylation sites is 1. The molecule has 0 heterocycles. The van der Waals surface area contributed by atoms with Gasteiger partial charge in [-0.3, -0.25) is 4.79 Å². The van der Waals surface area contributed by atoms with E-state index in [1.54, 1.807) is 14.2 Å². The van der Waals surface area contributed by atoms with E-state index in [4.69, 9.17) is 14.2 Å². The van der Waals surface area contributed by atoms with Gasteiger partial charge in [-0.1, -0.05) is 12.1 Å². The van der Waals surface area contributed by atoms with E-state index in [2.05, 4.69) is 27.9 Å². The fourth-order valence-corrected chi connectivity index (χ4v) is 2.79. The van der Waals surface area contributed by atoms with Gasteiger partial charge in [-0.15, -0.1) is 0 Å². The average Bonchev–Trinajstić information content (AvgIpc) is 2.60. The Bertz CT molecular complexity index is 705.